The number of hydrogen-bond acceptors (Lipinski definition) is 4. The Balaban J connectivity index is 1.68. The number of hydrogen-bond donors (Lipinski definition) is 1. The van der Waals surface area contributed by atoms with Crippen LogP contribution < -0.4 is 0 Å². The quantitative estimate of drug-likeness (QED) is 0.848. The molecule has 0 atom stereocenters. The van der Waals surface area contributed by atoms with Gasteiger partial charge in [0.05, 0.1) is 11.9 Å². The molecule has 1 amide bonds. The first-order valence-electron chi connectivity index (χ1n) is 6.79. The van der Waals surface area contributed by atoms with Crippen LogP contribution in [0.5, 0.6) is 0 Å². The number of piperazine rings is 1. The molecular weight excluding hydrogens is 280 g/mol. The van der Waals surface area contributed by atoms with Crippen molar-refractivity contribution in [2.75, 3.05) is 26.2 Å². The molecular formula is C12H18N4O3S. The molecule has 1 N–H and O–H groups in total. The van der Waals surface area contributed by atoms with Gasteiger partial charge in [-0.15, -0.1) is 0 Å². The van der Waals surface area contributed by atoms with Gasteiger partial charge < -0.3 is 4.90 Å². The molecule has 1 saturated carbocycles. The zero-order chi connectivity index (χ0) is 14.3. The van der Waals surface area contributed by atoms with Crippen molar-refractivity contribution in [2.24, 2.45) is 5.92 Å². The molecule has 0 spiro atoms. The van der Waals surface area contributed by atoms with Crippen LogP contribution in [0.3, 0.4) is 0 Å². The molecule has 0 bridgehead atoms. The van der Waals surface area contributed by atoms with Crippen LogP contribution in [0.25, 0.3) is 0 Å². The molecule has 1 aliphatic carbocycles. The standard InChI is InChI=1S/C12H18N4O3S/c1-9-11(8-13-14-9)20(18,19)16-6-4-15(5-7-16)12(17)10-2-3-10/h8,10H,2-7H2,1H3,(H,13,14). The third kappa shape index (κ3) is 2.33. The number of rotatable bonds is 3. The van der Waals surface area contributed by atoms with Crippen LogP contribution >= 0.6 is 0 Å². The fourth-order valence-corrected chi connectivity index (χ4v) is 4.02. The first-order valence-corrected chi connectivity index (χ1v) is 8.23. The average molecular weight is 298 g/mol. The van der Waals surface area contributed by atoms with Crippen LogP contribution in [0, 0.1) is 12.8 Å². The molecule has 110 valence electrons. The minimum absolute atomic E-state index is 0.182. The van der Waals surface area contributed by atoms with Crippen LogP contribution in [-0.2, 0) is 14.8 Å². The molecule has 3 rings (SSSR count). The Hall–Kier alpha value is -1.41. The molecule has 0 aromatic carbocycles. The van der Waals surface area contributed by atoms with Gasteiger partial charge in [0.15, 0.2) is 0 Å². The van der Waals surface area contributed by atoms with E-state index in [0.29, 0.717) is 31.9 Å². The molecule has 0 radical (unpaired) electrons. The lowest BCUT2D eigenvalue weighted by Gasteiger charge is -2.34. The summed E-state index contributed by atoms with van der Waals surface area (Å²) in [5.74, 6) is 0.371. The van der Waals surface area contributed by atoms with Crippen molar-refractivity contribution in [3.05, 3.63) is 11.9 Å². The maximum absolute atomic E-state index is 12.5. The Morgan fingerprint density at radius 2 is 1.95 bits per heavy atom. The fraction of sp³-hybridized carbons (Fsp3) is 0.667. The van der Waals surface area contributed by atoms with Gasteiger partial charge in [0.2, 0.25) is 15.9 Å². The summed E-state index contributed by atoms with van der Waals surface area (Å²) >= 11 is 0. The Bertz CT molecular complexity index is 612. The van der Waals surface area contributed by atoms with E-state index in [4.69, 9.17) is 0 Å². The summed E-state index contributed by atoms with van der Waals surface area (Å²) in [5, 5.41) is 6.41. The summed E-state index contributed by atoms with van der Waals surface area (Å²) in [7, 11) is -3.50. The van der Waals surface area contributed by atoms with Crippen LogP contribution in [0.1, 0.15) is 18.5 Å². The van der Waals surface area contributed by atoms with E-state index < -0.39 is 10.0 Å². The molecule has 1 saturated heterocycles. The van der Waals surface area contributed by atoms with Crippen LogP contribution in [0.15, 0.2) is 11.1 Å². The smallest absolute Gasteiger partial charge is 0.246 e. The number of carbonyl (C=O) groups is 1. The molecule has 7 nitrogen and oxygen atoms in total. The van der Waals surface area contributed by atoms with Gasteiger partial charge >= 0.3 is 0 Å². The van der Waals surface area contributed by atoms with Crippen molar-refractivity contribution in [1.82, 2.24) is 19.4 Å². The normalized spacial score (nSPS) is 21.1. The van der Waals surface area contributed by atoms with Gasteiger partial charge in [-0.1, -0.05) is 0 Å². The topological polar surface area (TPSA) is 86.4 Å². The summed E-state index contributed by atoms with van der Waals surface area (Å²) < 4.78 is 26.3. The zero-order valence-corrected chi connectivity index (χ0v) is 12.2. The van der Waals surface area contributed by atoms with Gasteiger partial charge in [0, 0.05) is 32.1 Å². The summed E-state index contributed by atoms with van der Waals surface area (Å²) in [4.78, 5) is 13.9. The van der Waals surface area contributed by atoms with E-state index in [1.165, 1.54) is 10.5 Å². The molecule has 1 aliphatic heterocycles. The van der Waals surface area contributed by atoms with E-state index in [1.807, 2.05) is 0 Å². The van der Waals surface area contributed by atoms with Crippen molar-refractivity contribution in [3.63, 3.8) is 0 Å². The average Bonchev–Trinajstić information content (AvgIpc) is 3.20. The highest BCUT2D eigenvalue weighted by Crippen LogP contribution is 2.31. The highest BCUT2D eigenvalue weighted by Gasteiger charge is 2.37. The summed E-state index contributed by atoms with van der Waals surface area (Å²) in [6.07, 6.45) is 3.30. The van der Waals surface area contributed by atoms with Gasteiger partial charge in [-0.25, -0.2) is 8.42 Å². The highest BCUT2D eigenvalue weighted by molar-refractivity contribution is 7.89. The second-order valence-corrected chi connectivity index (χ2v) is 7.27. The number of nitrogens with one attached hydrogen (secondary N) is 1. The number of carbonyl (C=O) groups excluding carboxylic acids is 1. The van der Waals surface area contributed by atoms with E-state index in [9.17, 15) is 13.2 Å². The second-order valence-electron chi connectivity index (χ2n) is 5.36. The molecule has 2 heterocycles. The van der Waals surface area contributed by atoms with Crippen molar-refractivity contribution < 1.29 is 13.2 Å². The second kappa shape index (κ2) is 4.85. The van der Waals surface area contributed by atoms with Gasteiger partial charge in [-0.05, 0) is 19.8 Å². The Kier molecular flexibility index (Phi) is 3.29. The predicted octanol–water partition coefficient (Wildman–Crippen LogP) is -0.0390. The number of H-pyrrole nitrogens is 1. The Morgan fingerprint density at radius 1 is 1.30 bits per heavy atom. The van der Waals surface area contributed by atoms with Crippen LogP contribution in [-0.4, -0.2) is 59.9 Å². The molecule has 1 aromatic rings. The predicted molar refractivity (Wildman–Crippen MR) is 71.4 cm³/mol. The van der Waals surface area contributed by atoms with E-state index >= 15 is 0 Å². The monoisotopic (exact) mass is 298 g/mol. The molecule has 2 fully saturated rings. The lowest BCUT2D eigenvalue weighted by Crippen LogP contribution is -2.50. The molecule has 2 aliphatic rings. The summed E-state index contributed by atoms with van der Waals surface area (Å²) in [6.45, 7) is 3.35. The lowest BCUT2D eigenvalue weighted by molar-refractivity contribution is -0.133. The van der Waals surface area contributed by atoms with Crippen molar-refractivity contribution in [2.45, 2.75) is 24.7 Å². The zero-order valence-electron chi connectivity index (χ0n) is 11.4. The summed E-state index contributed by atoms with van der Waals surface area (Å²) in [6, 6.07) is 0. The minimum atomic E-state index is -3.50. The number of nitrogens with zero attached hydrogens (tertiary/aromatic N) is 3. The van der Waals surface area contributed by atoms with E-state index in [1.54, 1.807) is 11.8 Å². The number of amides is 1. The van der Waals surface area contributed by atoms with Crippen LogP contribution in [0.2, 0.25) is 0 Å². The number of sulfonamides is 1. The number of aryl methyl sites for hydroxylation is 1. The maximum Gasteiger partial charge on any atom is 0.246 e. The van der Waals surface area contributed by atoms with Gasteiger partial charge in [-0.2, -0.15) is 9.40 Å². The fourth-order valence-electron chi connectivity index (χ4n) is 2.48. The Morgan fingerprint density at radius 3 is 2.45 bits per heavy atom. The summed E-state index contributed by atoms with van der Waals surface area (Å²) in [5.41, 5.74) is 0.543. The number of aromatic amines is 1. The van der Waals surface area contributed by atoms with Crippen molar-refractivity contribution in [1.29, 1.82) is 0 Å². The van der Waals surface area contributed by atoms with E-state index in [0.717, 1.165) is 12.8 Å². The first-order chi connectivity index (χ1) is 9.50. The van der Waals surface area contributed by atoms with E-state index in [-0.39, 0.29) is 16.7 Å². The largest absolute Gasteiger partial charge is 0.340 e. The van der Waals surface area contributed by atoms with Gasteiger partial charge in [0.1, 0.15) is 4.90 Å². The minimum Gasteiger partial charge on any atom is -0.340 e. The van der Waals surface area contributed by atoms with Gasteiger partial charge in [0.25, 0.3) is 0 Å². The van der Waals surface area contributed by atoms with Crippen LogP contribution in [0.4, 0.5) is 0 Å². The van der Waals surface area contributed by atoms with Gasteiger partial charge in [-0.3, -0.25) is 9.89 Å². The molecule has 0 unspecified atom stereocenters. The lowest BCUT2D eigenvalue weighted by atomic mass is 10.3. The third-order valence-corrected chi connectivity index (χ3v) is 5.89. The maximum atomic E-state index is 12.5. The first kappa shape index (κ1) is 13.6. The van der Waals surface area contributed by atoms with Crippen molar-refractivity contribution >= 4 is 15.9 Å². The van der Waals surface area contributed by atoms with Crippen molar-refractivity contribution in [3.8, 4) is 0 Å². The SMILES string of the molecule is Cc1[nH]ncc1S(=O)(=O)N1CCN(C(=O)C2CC2)CC1. The molecule has 8 heteroatoms. The molecule has 20 heavy (non-hydrogen) atoms. The third-order valence-electron chi connectivity index (χ3n) is 3.88. The Labute approximate surface area is 118 Å². The van der Waals surface area contributed by atoms with E-state index in [2.05, 4.69) is 10.2 Å². The number of aromatic nitrogens is 2. The highest BCUT2D eigenvalue weighted by atomic mass is 32.2. The molecule has 1 aromatic heterocycles.